The zero-order valence-electron chi connectivity index (χ0n) is 10.8. The quantitative estimate of drug-likeness (QED) is 0.594. The van der Waals surface area contributed by atoms with Gasteiger partial charge in [-0.05, 0) is 34.7 Å². The molecule has 0 spiro atoms. The molecule has 0 aromatic carbocycles. The smallest absolute Gasteiger partial charge is 0.256 e. The second-order valence-electron chi connectivity index (χ2n) is 3.82. The Balaban J connectivity index is 1.91. The van der Waals surface area contributed by atoms with E-state index in [0.29, 0.717) is 30.3 Å². The number of nitrogens with zero attached hydrogens (tertiary/aromatic N) is 1. The van der Waals surface area contributed by atoms with E-state index in [1.807, 2.05) is 11.4 Å². The van der Waals surface area contributed by atoms with Gasteiger partial charge in [-0.1, -0.05) is 0 Å². The normalized spacial score (nSPS) is 10.3. The highest BCUT2D eigenvalue weighted by atomic mass is 127. The van der Waals surface area contributed by atoms with Crippen LogP contribution in [0.15, 0.2) is 29.8 Å². The van der Waals surface area contributed by atoms with Gasteiger partial charge in [0.2, 0.25) is 5.88 Å². The van der Waals surface area contributed by atoms with Crippen molar-refractivity contribution in [3.05, 3.63) is 38.2 Å². The second kappa shape index (κ2) is 7.55. The molecule has 2 aromatic rings. The maximum absolute atomic E-state index is 11.9. The second-order valence-corrected chi connectivity index (χ2v) is 6.63. The van der Waals surface area contributed by atoms with Crippen LogP contribution >= 0.6 is 33.9 Å². The molecule has 0 fully saturated rings. The number of carbonyl (C=O) groups is 1. The lowest BCUT2D eigenvalue weighted by Gasteiger charge is -2.06. The average molecular weight is 404 g/mol. The van der Waals surface area contributed by atoms with Crippen LogP contribution in [0.4, 0.5) is 5.69 Å². The van der Waals surface area contributed by atoms with Gasteiger partial charge in [-0.15, -0.1) is 11.3 Å². The molecule has 0 aliphatic heterocycles. The number of amides is 1. The van der Waals surface area contributed by atoms with Crippen molar-refractivity contribution in [1.82, 2.24) is 4.98 Å². The van der Waals surface area contributed by atoms with E-state index in [1.54, 1.807) is 25.4 Å². The number of rotatable bonds is 6. The lowest BCUT2D eigenvalue weighted by molar-refractivity contribution is 0.102. The molecule has 0 radical (unpaired) electrons. The van der Waals surface area contributed by atoms with Gasteiger partial charge in [0.15, 0.2) is 0 Å². The maximum Gasteiger partial charge on any atom is 0.256 e. The molecule has 0 bridgehead atoms. The monoisotopic (exact) mass is 404 g/mol. The molecule has 5 nitrogen and oxygen atoms in total. The highest BCUT2D eigenvalue weighted by Crippen LogP contribution is 2.18. The van der Waals surface area contributed by atoms with Crippen LogP contribution < -0.4 is 10.1 Å². The Morgan fingerprint density at radius 3 is 2.90 bits per heavy atom. The van der Waals surface area contributed by atoms with Crippen molar-refractivity contribution in [3.63, 3.8) is 0 Å². The van der Waals surface area contributed by atoms with E-state index >= 15 is 0 Å². The standard InChI is InChI=1S/C13H13IN2O3S/c1-18-4-5-19-12-3-2-10(7-15-12)16-13(17)9-6-11(14)20-8-9/h2-3,6-8H,4-5H2,1H3,(H,16,17). The molecule has 0 saturated carbocycles. The van der Waals surface area contributed by atoms with Crippen molar-refractivity contribution >= 4 is 45.5 Å². The summed E-state index contributed by atoms with van der Waals surface area (Å²) in [5, 5.41) is 4.61. The third kappa shape index (κ3) is 4.43. The molecule has 0 saturated heterocycles. The molecular formula is C13H13IN2O3S. The summed E-state index contributed by atoms with van der Waals surface area (Å²) in [6.45, 7) is 0.958. The maximum atomic E-state index is 11.9. The van der Waals surface area contributed by atoms with Gasteiger partial charge in [0, 0.05) is 18.6 Å². The summed E-state index contributed by atoms with van der Waals surface area (Å²) in [6, 6.07) is 5.31. The lowest BCUT2D eigenvalue weighted by atomic mass is 10.3. The number of nitrogens with one attached hydrogen (secondary N) is 1. The Morgan fingerprint density at radius 1 is 1.45 bits per heavy atom. The van der Waals surface area contributed by atoms with E-state index in [0.717, 1.165) is 2.88 Å². The topological polar surface area (TPSA) is 60.5 Å². The van der Waals surface area contributed by atoms with E-state index in [2.05, 4.69) is 32.9 Å². The van der Waals surface area contributed by atoms with Crippen LogP contribution in [0.5, 0.6) is 5.88 Å². The molecule has 0 aliphatic carbocycles. The number of halogens is 1. The number of carbonyl (C=O) groups excluding carboxylic acids is 1. The zero-order chi connectivity index (χ0) is 14.4. The number of ether oxygens (including phenoxy) is 2. The summed E-state index contributed by atoms with van der Waals surface area (Å²) in [5.74, 6) is 0.365. The van der Waals surface area contributed by atoms with Gasteiger partial charge < -0.3 is 14.8 Å². The van der Waals surface area contributed by atoms with Gasteiger partial charge in [-0.2, -0.15) is 0 Å². The van der Waals surface area contributed by atoms with Crippen LogP contribution in [0.25, 0.3) is 0 Å². The predicted octanol–water partition coefficient (Wildman–Crippen LogP) is 3.03. The molecule has 1 amide bonds. The summed E-state index contributed by atoms with van der Waals surface area (Å²) in [5.41, 5.74) is 1.29. The Kier molecular flexibility index (Phi) is 5.74. The van der Waals surface area contributed by atoms with E-state index < -0.39 is 0 Å². The highest BCUT2D eigenvalue weighted by Gasteiger charge is 2.08. The summed E-state index contributed by atoms with van der Waals surface area (Å²) in [7, 11) is 1.61. The fourth-order valence-corrected chi connectivity index (χ4v) is 2.73. The number of methoxy groups -OCH3 is 1. The molecule has 106 valence electrons. The SMILES string of the molecule is COCCOc1ccc(NC(=O)c2csc(I)c2)cn1. The minimum atomic E-state index is -0.140. The molecular weight excluding hydrogens is 391 g/mol. The first-order chi connectivity index (χ1) is 9.69. The number of thiophene rings is 1. The van der Waals surface area contributed by atoms with Crippen LogP contribution in [0.3, 0.4) is 0 Å². The first-order valence-corrected chi connectivity index (χ1v) is 7.78. The van der Waals surface area contributed by atoms with Crippen LogP contribution in [-0.4, -0.2) is 31.2 Å². The molecule has 7 heteroatoms. The Bertz CT molecular complexity index is 571. The van der Waals surface area contributed by atoms with E-state index in [-0.39, 0.29) is 5.91 Å². The van der Waals surface area contributed by atoms with Crippen LogP contribution in [0, 0.1) is 2.88 Å². The minimum Gasteiger partial charge on any atom is -0.475 e. The van der Waals surface area contributed by atoms with E-state index in [9.17, 15) is 4.79 Å². The first-order valence-electron chi connectivity index (χ1n) is 5.82. The summed E-state index contributed by atoms with van der Waals surface area (Å²) in [6.07, 6.45) is 1.57. The average Bonchev–Trinajstić information content (AvgIpc) is 2.88. The van der Waals surface area contributed by atoms with Gasteiger partial charge >= 0.3 is 0 Å². The van der Waals surface area contributed by atoms with Crippen molar-refractivity contribution in [2.24, 2.45) is 0 Å². The highest BCUT2D eigenvalue weighted by molar-refractivity contribution is 14.1. The summed E-state index contributed by atoms with van der Waals surface area (Å²) >= 11 is 3.72. The van der Waals surface area contributed by atoms with Gasteiger partial charge in [-0.3, -0.25) is 4.79 Å². The molecule has 0 unspecified atom stereocenters. The number of anilines is 1. The van der Waals surface area contributed by atoms with E-state index in [1.165, 1.54) is 11.3 Å². The summed E-state index contributed by atoms with van der Waals surface area (Å²) < 4.78 is 11.3. The van der Waals surface area contributed by atoms with E-state index in [4.69, 9.17) is 9.47 Å². The molecule has 2 rings (SSSR count). The Morgan fingerprint density at radius 2 is 2.30 bits per heavy atom. The molecule has 2 heterocycles. The third-order valence-electron chi connectivity index (χ3n) is 2.36. The number of hydrogen-bond donors (Lipinski definition) is 1. The number of hydrogen-bond acceptors (Lipinski definition) is 5. The predicted molar refractivity (Wildman–Crippen MR) is 86.6 cm³/mol. The van der Waals surface area contributed by atoms with Crippen molar-refractivity contribution < 1.29 is 14.3 Å². The number of aromatic nitrogens is 1. The Labute approximate surface area is 134 Å². The zero-order valence-corrected chi connectivity index (χ0v) is 13.7. The van der Waals surface area contributed by atoms with Crippen molar-refractivity contribution in [1.29, 1.82) is 0 Å². The van der Waals surface area contributed by atoms with Crippen molar-refractivity contribution in [2.45, 2.75) is 0 Å². The van der Waals surface area contributed by atoms with Crippen LogP contribution in [-0.2, 0) is 4.74 Å². The fourth-order valence-electron chi connectivity index (χ4n) is 1.40. The van der Waals surface area contributed by atoms with Gasteiger partial charge in [0.25, 0.3) is 5.91 Å². The Hall–Kier alpha value is -1.19. The van der Waals surface area contributed by atoms with Crippen LogP contribution in [0.1, 0.15) is 10.4 Å². The minimum absolute atomic E-state index is 0.140. The molecule has 0 atom stereocenters. The molecule has 1 N–H and O–H groups in total. The van der Waals surface area contributed by atoms with Gasteiger partial charge in [0.05, 0.1) is 26.9 Å². The van der Waals surface area contributed by atoms with Gasteiger partial charge in [0.1, 0.15) is 6.61 Å². The first kappa shape index (κ1) is 15.2. The largest absolute Gasteiger partial charge is 0.475 e. The summed E-state index contributed by atoms with van der Waals surface area (Å²) in [4.78, 5) is 16.1. The van der Waals surface area contributed by atoms with Gasteiger partial charge in [-0.25, -0.2) is 4.98 Å². The fraction of sp³-hybridized carbons (Fsp3) is 0.231. The lowest BCUT2D eigenvalue weighted by Crippen LogP contribution is -2.11. The van der Waals surface area contributed by atoms with Crippen LogP contribution in [0.2, 0.25) is 0 Å². The van der Waals surface area contributed by atoms with Crippen molar-refractivity contribution in [2.75, 3.05) is 25.6 Å². The van der Waals surface area contributed by atoms with Crippen molar-refractivity contribution in [3.8, 4) is 5.88 Å². The number of pyridine rings is 1. The molecule has 0 aliphatic rings. The third-order valence-corrected chi connectivity index (χ3v) is 4.15. The molecule has 2 aromatic heterocycles. The molecule has 20 heavy (non-hydrogen) atoms.